The number of rotatable bonds is 0. The molecule has 0 N–H and O–H groups in total. The van der Waals surface area contributed by atoms with E-state index in [0.29, 0.717) is 0 Å². The van der Waals surface area contributed by atoms with Gasteiger partial charge in [-0.1, -0.05) is 409 Å². The molecule has 0 radical (unpaired) electrons. The molecule has 16 aromatic carbocycles. The van der Waals surface area contributed by atoms with Crippen molar-refractivity contribution < 1.29 is 0 Å². The minimum atomic E-state index is 1.01. The molecule has 148 heavy (non-hydrogen) atoms. The molecule has 0 atom stereocenters. The van der Waals surface area contributed by atoms with Gasteiger partial charge in [0, 0.05) is 67.9 Å². The van der Waals surface area contributed by atoms with Crippen molar-refractivity contribution in [1.82, 2.24) is 17.6 Å². The van der Waals surface area contributed by atoms with Gasteiger partial charge in [0.2, 0.25) is 0 Å². The van der Waals surface area contributed by atoms with E-state index in [0.717, 1.165) is 51.4 Å². The van der Waals surface area contributed by atoms with E-state index in [2.05, 4.69) is 382 Å². The number of fused-ring (bicyclic) bond motifs is 54. The van der Waals surface area contributed by atoms with Crippen LogP contribution in [0, 0.1) is 0 Å². The first-order chi connectivity index (χ1) is 73.5. The van der Waals surface area contributed by atoms with E-state index < -0.39 is 0 Å². The third-order valence-electron chi connectivity index (χ3n) is 29.9. The van der Waals surface area contributed by atoms with Crippen LogP contribution < -0.4 is 0 Å². The third kappa shape index (κ3) is 17.1. The van der Waals surface area contributed by atoms with Gasteiger partial charge >= 0.3 is 0 Å². The molecule has 0 bridgehead atoms. The topological polar surface area (TPSA) is 17.6 Å². The lowest BCUT2D eigenvalue weighted by Gasteiger charge is -2.13. The smallest absolute Gasteiger partial charge is 0.0538 e. The Labute approximate surface area is 880 Å². The summed E-state index contributed by atoms with van der Waals surface area (Å²) in [5.41, 5.74) is 57.2. The van der Waals surface area contributed by atoms with Crippen LogP contribution in [0.2, 0.25) is 0 Å². The Hall–Kier alpha value is -15.4. The van der Waals surface area contributed by atoms with Gasteiger partial charge in [-0.25, -0.2) is 0 Å². The molecule has 8 aliphatic carbocycles. The SMILES string of the molecule is CC.CC.CC.CC.CC.CC.CC.CC.CC.CC.CC.CC.c1ccc2c(c1)Cc1c-2ccc2c1-c1cc3c4ccccc4n4cccc4c3cc1C2.c1ccc2c(c1)Cc1c-2ccc2c1Cc1c-2ccc2c3ccccc3n3cccc3c12.c1ccc2c(c1)Cc1c-2ccc2c1Cc1cc3c4ccccc4n4cccc4c3cc1-2.c1ccc2c(c1)Cc1ccc3c(c1-2)Cc1c-3ccc2c3ccccc3n3cccc3c12. The highest BCUT2D eigenvalue weighted by molar-refractivity contribution is 6.20. The predicted octanol–water partition coefficient (Wildman–Crippen LogP) is 41.9. The average Bonchev–Trinajstić information content (AvgIpc) is 1.55. The minimum absolute atomic E-state index is 1.01. The summed E-state index contributed by atoms with van der Waals surface area (Å²) in [7, 11) is 0. The maximum Gasteiger partial charge on any atom is 0.0538 e. The van der Waals surface area contributed by atoms with Crippen molar-refractivity contribution in [1.29, 1.82) is 0 Å². The highest BCUT2D eigenvalue weighted by Gasteiger charge is 2.36. The second kappa shape index (κ2) is 46.2. The molecule has 8 heterocycles. The first kappa shape index (κ1) is 104. The summed E-state index contributed by atoms with van der Waals surface area (Å²) in [6.07, 6.45) is 17.1. The largest absolute Gasteiger partial charge is 0.316 e. The zero-order valence-corrected chi connectivity index (χ0v) is 92.1. The van der Waals surface area contributed by atoms with Crippen LogP contribution in [-0.4, -0.2) is 17.6 Å². The lowest BCUT2D eigenvalue weighted by molar-refractivity contribution is 1.16. The number of hydrogen-bond acceptors (Lipinski definition) is 0. The molecular weight excluding hydrogens is 1790 g/mol. The summed E-state index contributed by atoms with van der Waals surface area (Å²) < 4.78 is 9.39. The van der Waals surface area contributed by atoms with E-state index >= 15 is 0 Å². The molecule has 744 valence electrons. The minimum Gasteiger partial charge on any atom is -0.316 e. The number of pyridine rings is 4. The summed E-state index contributed by atoms with van der Waals surface area (Å²) in [4.78, 5) is 0. The molecule has 8 aliphatic rings. The molecule has 24 aromatic rings. The Bertz CT molecular complexity index is 8960. The van der Waals surface area contributed by atoms with Gasteiger partial charge in [-0.2, -0.15) is 0 Å². The molecule has 8 aromatic heterocycles. The van der Waals surface area contributed by atoms with Crippen molar-refractivity contribution in [3.05, 3.63) is 454 Å². The maximum absolute atomic E-state index is 2.48. The van der Waals surface area contributed by atoms with Gasteiger partial charge in [-0.05, 0) is 348 Å². The molecule has 0 aliphatic heterocycles. The highest BCUT2D eigenvalue weighted by atomic mass is 14.9. The fourth-order valence-corrected chi connectivity index (χ4v) is 24.7. The Morgan fingerprint density at radius 2 is 0.365 bits per heavy atom. The second-order valence-corrected chi connectivity index (χ2v) is 35.8. The van der Waals surface area contributed by atoms with E-state index in [-0.39, 0.29) is 0 Å². The molecule has 0 fully saturated rings. The van der Waals surface area contributed by atoms with Gasteiger partial charge in [0.05, 0.1) is 44.1 Å². The first-order valence-corrected chi connectivity index (χ1v) is 56.2. The average molecular weight is 1930 g/mol. The van der Waals surface area contributed by atoms with E-state index in [1.165, 1.54) is 287 Å². The summed E-state index contributed by atoms with van der Waals surface area (Å²) in [5, 5.41) is 16.3. The lowest BCUT2D eigenvalue weighted by atomic mass is 9.93. The lowest BCUT2D eigenvalue weighted by Crippen LogP contribution is -1.94. The van der Waals surface area contributed by atoms with Crippen molar-refractivity contribution in [2.24, 2.45) is 0 Å². The number of benzene rings is 16. The van der Waals surface area contributed by atoms with E-state index in [1.807, 2.05) is 166 Å². The summed E-state index contributed by atoms with van der Waals surface area (Å²) in [6, 6.07) is 127. The Kier molecular flexibility index (Phi) is 32.4. The van der Waals surface area contributed by atoms with Crippen molar-refractivity contribution in [2.45, 2.75) is 218 Å². The van der Waals surface area contributed by atoms with Crippen LogP contribution in [0.15, 0.2) is 365 Å². The Morgan fingerprint density at radius 1 is 0.128 bits per heavy atom. The zero-order chi connectivity index (χ0) is 104. The van der Waals surface area contributed by atoms with E-state index in [1.54, 1.807) is 0 Å². The second-order valence-electron chi connectivity index (χ2n) is 35.8. The van der Waals surface area contributed by atoms with Gasteiger partial charge in [0.25, 0.3) is 0 Å². The molecule has 0 unspecified atom stereocenters. The molecule has 0 amide bonds. The van der Waals surface area contributed by atoms with Gasteiger partial charge in [-0.3, -0.25) is 0 Å². The van der Waals surface area contributed by atoms with Crippen LogP contribution in [0.25, 0.3) is 198 Å². The number of aromatic nitrogens is 4. The van der Waals surface area contributed by atoms with Crippen LogP contribution in [0.3, 0.4) is 0 Å². The van der Waals surface area contributed by atoms with Crippen LogP contribution in [0.1, 0.15) is 255 Å². The van der Waals surface area contributed by atoms with Crippen LogP contribution in [0.5, 0.6) is 0 Å². The fraction of sp³-hybridized carbons (Fsp3) is 0.222. The molecule has 32 rings (SSSR count). The number of nitrogens with zero attached hydrogens (tertiary/aromatic N) is 4. The predicted molar refractivity (Wildman–Crippen MR) is 652 cm³/mol. The standard InChI is InChI=1S/4C30H19N.12C2H6/c1-2-7-20-18(6-1)16-19-11-12-21-22-13-14-24-23-8-3-4-9-27(23)31-15-5-10-28(31)30(24)26(22)17-25(21)29(19)20;1-2-7-19-18(6-1)16-25-20(19)11-12-21-22-13-14-24-23-8-3-4-9-28(23)31-15-5-10-29(31)30(24)27(22)17-26(21)25;1-2-7-21-18(6-1)15-27-22(21)12-11-19-14-20-16-26-25(17-24(20)30(19)27)23-8-3-4-9-28(23)31-13-5-10-29(26)31;1-2-7-20-18(6-1)14-25-21(20)11-12-22-24-17-28-27(16-19(24)15-26(22)25)23-8-3-4-9-29(23)31-13-5-10-30(28)31;12*1-2/h2*1-15H,16-17H2;2*1-13,16-17H,14-15H2;12*1-2H3. The van der Waals surface area contributed by atoms with Crippen molar-refractivity contribution in [2.75, 3.05) is 0 Å². The van der Waals surface area contributed by atoms with Crippen molar-refractivity contribution in [3.63, 3.8) is 0 Å². The number of hydrogen-bond donors (Lipinski definition) is 0. The van der Waals surface area contributed by atoms with Gasteiger partial charge in [0.1, 0.15) is 0 Å². The monoisotopic (exact) mass is 1930 g/mol. The normalized spacial score (nSPS) is 11.8. The molecule has 4 nitrogen and oxygen atoms in total. The van der Waals surface area contributed by atoms with Crippen LogP contribution in [0.4, 0.5) is 0 Å². The van der Waals surface area contributed by atoms with Gasteiger partial charge in [-0.15, -0.1) is 0 Å². The molecule has 0 spiro atoms. The first-order valence-electron chi connectivity index (χ1n) is 56.2. The molecule has 4 heteroatoms. The van der Waals surface area contributed by atoms with Crippen LogP contribution >= 0.6 is 0 Å². The zero-order valence-electron chi connectivity index (χ0n) is 92.1. The van der Waals surface area contributed by atoms with Gasteiger partial charge in [0.15, 0.2) is 0 Å². The Balaban J connectivity index is 0.000000126. The van der Waals surface area contributed by atoms with Crippen LogP contribution in [-0.2, 0) is 51.4 Å². The van der Waals surface area contributed by atoms with E-state index in [9.17, 15) is 0 Å². The summed E-state index contributed by atoms with van der Waals surface area (Å²) >= 11 is 0. The summed E-state index contributed by atoms with van der Waals surface area (Å²) in [6.45, 7) is 48.0. The molecule has 0 saturated carbocycles. The summed E-state index contributed by atoms with van der Waals surface area (Å²) in [5.74, 6) is 0. The highest BCUT2D eigenvalue weighted by Crippen LogP contribution is 2.56. The fourth-order valence-electron chi connectivity index (χ4n) is 24.7. The quantitative estimate of drug-likeness (QED) is 0.135. The van der Waals surface area contributed by atoms with Gasteiger partial charge < -0.3 is 17.6 Å². The molecule has 0 saturated heterocycles. The van der Waals surface area contributed by atoms with Crippen molar-refractivity contribution in [3.8, 4) is 89.0 Å². The maximum atomic E-state index is 2.48. The Morgan fingerprint density at radius 3 is 0.797 bits per heavy atom. The third-order valence-corrected chi connectivity index (χ3v) is 29.9. The van der Waals surface area contributed by atoms with E-state index in [4.69, 9.17) is 0 Å². The number of para-hydroxylation sites is 4. The van der Waals surface area contributed by atoms with Crippen molar-refractivity contribution >= 4 is 109 Å². The molecular formula is C144H148N4.